The highest BCUT2D eigenvalue weighted by Gasteiger charge is 2.36. The van der Waals surface area contributed by atoms with Gasteiger partial charge in [-0.25, -0.2) is 0 Å². The Morgan fingerprint density at radius 2 is 2.13 bits per heavy atom. The van der Waals surface area contributed by atoms with Gasteiger partial charge in [0.25, 0.3) is 0 Å². The Labute approximate surface area is 93.8 Å². The van der Waals surface area contributed by atoms with Crippen LogP contribution >= 0.6 is 0 Å². The average molecular weight is 211 g/mol. The van der Waals surface area contributed by atoms with Gasteiger partial charge in [-0.2, -0.15) is 0 Å². The van der Waals surface area contributed by atoms with Crippen LogP contribution in [0.15, 0.2) is 0 Å². The molecule has 2 atom stereocenters. The third-order valence-corrected chi connectivity index (χ3v) is 3.98. The van der Waals surface area contributed by atoms with Crippen molar-refractivity contribution in [3.8, 4) is 0 Å². The van der Waals surface area contributed by atoms with E-state index in [1.807, 2.05) is 7.11 Å². The lowest BCUT2D eigenvalue weighted by Crippen LogP contribution is -2.40. The SMILES string of the molecule is COCCCC(C1CC1)C1CCCCN1. The van der Waals surface area contributed by atoms with Crippen molar-refractivity contribution in [1.29, 1.82) is 0 Å². The lowest BCUT2D eigenvalue weighted by atomic mass is 9.85. The van der Waals surface area contributed by atoms with Gasteiger partial charge in [0.15, 0.2) is 0 Å². The van der Waals surface area contributed by atoms with Crippen LogP contribution in [0.3, 0.4) is 0 Å². The fourth-order valence-corrected chi connectivity index (χ4v) is 3.00. The fraction of sp³-hybridized carbons (Fsp3) is 1.00. The van der Waals surface area contributed by atoms with E-state index in [2.05, 4.69) is 5.32 Å². The maximum Gasteiger partial charge on any atom is 0.0462 e. The van der Waals surface area contributed by atoms with Gasteiger partial charge in [0, 0.05) is 19.8 Å². The molecular formula is C13H25NO. The standard InChI is InChI=1S/C13H25NO/c1-15-10-4-5-12(11-7-8-11)13-6-2-3-9-14-13/h11-14H,2-10H2,1H3. The van der Waals surface area contributed by atoms with Crippen molar-refractivity contribution in [2.24, 2.45) is 11.8 Å². The van der Waals surface area contributed by atoms with E-state index in [0.29, 0.717) is 0 Å². The van der Waals surface area contributed by atoms with Gasteiger partial charge >= 0.3 is 0 Å². The first kappa shape index (κ1) is 11.4. The third kappa shape index (κ3) is 3.46. The molecule has 0 aromatic rings. The first-order valence-electron chi connectivity index (χ1n) is 6.64. The van der Waals surface area contributed by atoms with E-state index in [4.69, 9.17) is 4.74 Å². The molecule has 1 N–H and O–H groups in total. The minimum absolute atomic E-state index is 0.822. The number of methoxy groups -OCH3 is 1. The van der Waals surface area contributed by atoms with Crippen molar-refractivity contribution < 1.29 is 4.74 Å². The maximum absolute atomic E-state index is 5.16. The quantitative estimate of drug-likeness (QED) is 0.682. The number of ether oxygens (including phenoxy) is 1. The van der Waals surface area contributed by atoms with Crippen molar-refractivity contribution in [3.63, 3.8) is 0 Å². The largest absolute Gasteiger partial charge is 0.385 e. The zero-order valence-corrected chi connectivity index (χ0v) is 10.0. The molecule has 2 aliphatic rings. The molecule has 15 heavy (non-hydrogen) atoms. The first-order chi connectivity index (χ1) is 7.42. The molecule has 1 saturated heterocycles. The molecule has 2 unspecified atom stereocenters. The van der Waals surface area contributed by atoms with Crippen LogP contribution in [0.2, 0.25) is 0 Å². The Bertz CT molecular complexity index is 173. The van der Waals surface area contributed by atoms with E-state index in [-0.39, 0.29) is 0 Å². The van der Waals surface area contributed by atoms with Crippen molar-refractivity contribution >= 4 is 0 Å². The number of rotatable bonds is 6. The average Bonchev–Trinajstić information content (AvgIpc) is 3.10. The highest BCUT2D eigenvalue weighted by atomic mass is 16.5. The van der Waals surface area contributed by atoms with Crippen LogP contribution in [0.5, 0.6) is 0 Å². The van der Waals surface area contributed by atoms with Crippen molar-refractivity contribution in [1.82, 2.24) is 5.32 Å². The normalized spacial score (nSPS) is 29.0. The molecule has 0 bridgehead atoms. The Morgan fingerprint density at radius 1 is 1.27 bits per heavy atom. The van der Waals surface area contributed by atoms with Gasteiger partial charge in [0.1, 0.15) is 0 Å². The Kier molecular flexibility index (Phi) is 4.45. The minimum Gasteiger partial charge on any atom is -0.385 e. The van der Waals surface area contributed by atoms with Crippen molar-refractivity contribution in [2.75, 3.05) is 20.3 Å². The summed E-state index contributed by atoms with van der Waals surface area (Å²) in [6.07, 6.45) is 9.81. The fourth-order valence-electron chi connectivity index (χ4n) is 3.00. The van der Waals surface area contributed by atoms with E-state index in [1.165, 1.54) is 51.5 Å². The number of hydrogen-bond donors (Lipinski definition) is 1. The molecule has 88 valence electrons. The summed E-state index contributed by atoms with van der Waals surface area (Å²) in [5, 5.41) is 3.73. The molecule has 0 aromatic carbocycles. The van der Waals surface area contributed by atoms with E-state index in [0.717, 1.165) is 24.5 Å². The lowest BCUT2D eigenvalue weighted by molar-refractivity contribution is 0.173. The molecule has 0 spiro atoms. The Morgan fingerprint density at radius 3 is 2.73 bits per heavy atom. The highest BCUT2D eigenvalue weighted by Crippen LogP contribution is 2.42. The predicted molar refractivity (Wildman–Crippen MR) is 63.0 cm³/mol. The highest BCUT2D eigenvalue weighted by molar-refractivity contribution is 4.90. The molecule has 0 amide bonds. The van der Waals surface area contributed by atoms with Crippen LogP contribution in [0, 0.1) is 11.8 Å². The van der Waals surface area contributed by atoms with Crippen LogP contribution in [-0.4, -0.2) is 26.3 Å². The van der Waals surface area contributed by atoms with Crippen LogP contribution in [0.1, 0.15) is 44.9 Å². The summed E-state index contributed by atoms with van der Waals surface area (Å²) >= 11 is 0. The van der Waals surface area contributed by atoms with E-state index in [1.54, 1.807) is 0 Å². The molecule has 2 nitrogen and oxygen atoms in total. The predicted octanol–water partition coefficient (Wildman–Crippen LogP) is 2.58. The molecule has 0 radical (unpaired) electrons. The van der Waals surface area contributed by atoms with Gasteiger partial charge in [-0.3, -0.25) is 0 Å². The summed E-state index contributed by atoms with van der Waals surface area (Å²) in [6, 6.07) is 0.822. The summed E-state index contributed by atoms with van der Waals surface area (Å²) in [5.74, 6) is 1.98. The Balaban J connectivity index is 1.76. The lowest BCUT2D eigenvalue weighted by Gasteiger charge is -2.31. The third-order valence-electron chi connectivity index (χ3n) is 3.98. The molecular weight excluding hydrogens is 186 g/mol. The van der Waals surface area contributed by atoms with Crippen LogP contribution < -0.4 is 5.32 Å². The van der Waals surface area contributed by atoms with E-state index >= 15 is 0 Å². The monoisotopic (exact) mass is 211 g/mol. The van der Waals surface area contributed by atoms with E-state index in [9.17, 15) is 0 Å². The van der Waals surface area contributed by atoms with Gasteiger partial charge in [-0.05, 0) is 56.9 Å². The van der Waals surface area contributed by atoms with Crippen molar-refractivity contribution in [2.45, 2.75) is 51.0 Å². The summed E-state index contributed by atoms with van der Waals surface area (Å²) in [7, 11) is 1.81. The van der Waals surface area contributed by atoms with Gasteiger partial charge in [0.2, 0.25) is 0 Å². The van der Waals surface area contributed by atoms with Crippen LogP contribution in [0.25, 0.3) is 0 Å². The summed E-state index contributed by atoms with van der Waals surface area (Å²) in [6.45, 7) is 2.19. The second-order valence-corrected chi connectivity index (χ2v) is 5.19. The zero-order chi connectivity index (χ0) is 10.5. The summed E-state index contributed by atoms with van der Waals surface area (Å²) in [5.41, 5.74) is 0. The molecule has 0 aromatic heterocycles. The topological polar surface area (TPSA) is 21.3 Å². The minimum atomic E-state index is 0.822. The molecule has 1 aliphatic carbocycles. The van der Waals surface area contributed by atoms with Gasteiger partial charge in [-0.1, -0.05) is 6.42 Å². The molecule has 1 aliphatic heterocycles. The molecule has 1 saturated carbocycles. The second-order valence-electron chi connectivity index (χ2n) is 5.19. The molecule has 1 heterocycles. The maximum atomic E-state index is 5.16. The van der Waals surface area contributed by atoms with Crippen molar-refractivity contribution in [3.05, 3.63) is 0 Å². The Hall–Kier alpha value is -0.0800. The second kappa shape index (κ2) is 5.86. The molecule has 2 rings (SSSR count). The number of piperidine rings is 1. The number of hydrogen-bond acceptors (Lipinski definition) is 2. The van der Waals surface area contributed by atoms with Gasteiger partial charge in [0.05, 0.1) is 0 Å². The summed E-state index contributed by atoms with van der Waals surface area (Å²) in [4.78, 5) is 0. The van der Waals surface area contributed by atoms with E-state index < -0.39 is 0 Å². The smallest absolute Gasteiger partial charge is 0.0462 e. The van der Waals surface area contributed by atoms with Gasteiger partial charge in [-0.15, -0.1) is 0 Å². The van der Waals surface area contributed by atoms with Crippen LogP contribution in [-0.2, 0) is 4.74 Å². The molecule has 2 fully saturated rings. The first-order valence-corrected chi connectivity index (χ1v) is 6.64. The number of nitrogens with one attached hydrogen (secondary N) is 1. The zero-order valence-electron chi connectivity index (χ0n) is 10.0. The van der Waals surface area contributed by atoms with Crippen LogP contribution in [0.4, 0.5) is 0 Å². The summed E-state index contributed by atoms with van der Waals surface area (Å²) < 4.78 is 5.16. The van der Waals surface area contributed by atoms with Gasteiger partial charge < -0.3 is 10.1 Å². The molecule has 2 heteroatoms.